The lowest BCUT2D eigenvalue weighted by Crippen LogP contribution is -2.28. The van der Waals surface area contributed by atoms with E-state index in [1.807, 2.05) is 24.3 Å². The molecule has 0 amide bonds. The number of nitrogens with one attached hydrogen (secondary N) is 2. The van der Waals surface area contributed by atoms with Crippen LogP contribution < -0.4 is 20.1 Å². The molecule has 0 radical (unpaired) electrons. The van der Waals surface area contributed by atoms with Crippen LogP contribution in [0.3, 0.4) is 0 Å². The maximum atomic E-state index is 5.47. The van der Waals surface area contributed by atoms with Crippen molar-refractivity contribution in [2.24, 2.45) is 0 Å². The summed E-state index contributed by atoms with van der Waals surface area (Å²) in [5, 5.41) is 6.79. The summed E-state index contributed by atoms with van der Waals surface area (Å²) in [4.78, 5) is 8.78. The standard InChI is InChI=1S/C18H24N4O2/c1-23-16-7-3-5-14(18(16)24-2)11-20-17-9-15(21-12-22-17)13-6-4-8-19-10-13/h3,5,7,9,12-13,19H,4,6,8,10-11H2,1-2H3,(H,20,21,22). The van der Waals surface area contributed by atoms with Gasteiger partial charge in [-0.15, -0.1) is 0 Å². The summed E-state index contributed by atoms with van der Waals surface area (Å²) in [6.07, 6.45) is 4.00. The van der Waals surface area contributed by atoms with Crippen molar-refractivity contribution in [1.82, 2.24) is 15.3 Å². The SMILES string of the molecule is COc1cccc(CNc2cc(C3CCCNC3)ncn2)c1OC. The first-order chi connectivity index (χ1) is 11.8. The third-order valence-electron chi connectivity index (χ3n) is 4.35. The molecular weight excluding hydrogens is 304 g/mol. The predicted octanol–water partition coefficient (Wildman–Crippen LogP) is 2.57. The van der Waals surface area contributed by atoms with E-state index in [4.69, 9.17) is 9.47 Å². The van der Waals surface area contributed by atoms with Crippen LogP contribution in [-0.2, 0) is 6.54 Å². The molecule has 0 aliphatic carbocycles. The second kappa shape index (κ2) is 7.97. The van der Waals surface area contributed by atoms with E-state index in [-0.39, 0.29) is 0 Å². The zero-order chi connectivity index (χ0) is 16.8. The fourth-order valence-electron chi connectivity index (χ4n) is 3.08. The number of anilines is 1. The summed E-state index contributed by atoms with van der Waals surface area (Å²) >= 11 is 0. The molecule has 3 rings (SSSR count). The van der Waals surface area contributed by atoms with Crippen LogP contribution in [0.25, 0.3) is 0 Å². The summed E-state index contributed by atoms with van der Waals surface area (Å²) in [7, 11) is 3.30. The highest BCUT2D eigenvalue weighted by molar-refractivity contribution is 5.48. The van der Waals surface area contributed by atoms with Gasteiger partial charge < -0.3 is 20.1 Å². The van der Waals surface area contributed by atoms with E-state index >= 15 is 0 Å². The van der Waals surface area contributed by atoms with Gasteiger partial charge in [0.05, 0.1) is 19.9 Å². The van der Waals surface area contributed by atoms with Gasteiger partial charge in [-0.25, -0.2) is 9.97 Å². The summed E-state index contributed by atoms with van der Waals surface area (Å²) in [6, 6.07) is 7.91. The van der Waals surface area contributed by atoms with E-state index in [0.29, 0.717) is 12.5 Å². The summed E-state index contributed by atoms with van der Waals surface area (Å²) in [6.45, 7) is 2.70. The van der Waals surface area contributed by atoms with Crippen molar-refractivity contribution < 1.29 is 9.47 Å². The van der Waals surface area contributed by atoms with Crippen LogP contribution in [0.2, 0.25) is 0 Å². The minimum atomic E-state index is 0.466. The molecule has 1 saturated heterocycles. The molecule has 0 saturated carbocycles. The van der Waals surface area contributed by atoms with E-state index in [2.05, 4.69) is 20.6 Å². The summed E-state index contributed by atoms with van der Waals surface area (Å²) < 4.78 is 10.8. The zero-order valence-corrected chi connectivity index (χ0v) is 14.2. The van der Waals surface area contributed by atoms with E-state index in [9.17, 15) is 0 Å². The Bertz CT molecular complexity index is 672. The van der Waals surface area contributed by atoms with Crippen LogP contribution in [0, 0.1) is 0 Å². The van der Waals surface area contributed by atoms with E-state index < -0.39 is 0 Å². The Morgan fingerprint density at radius 1 is 1.25 bits per heavy atom. The molecule has 2 heterocycles. The van der Waals surface area contributed by atoms with E-state index in [0.717, 1.165) is 41.7 Å². The molecule has 1 aromatic heterocycles. The Kier molecular flexibility index (Phi) is 5.48. The molecular formula is C18H24N4O2. The van der Waals surface area contributed by atoms with Gasteiger partial charge in [0.25, 0.3) is 0 Å². The molecule has 1 aliphatic heterocycles. The minimum Gasteiger partial charge on any atom is -0.493 e. The Labute approximate surface area is 142 Å². The molecule has 1 fully saturated rings. The van der Waals surface area contributed by atoms with Crippen LogP contribution in [-0.4, -0.2) is 37.3 Å². The molecule has 1 aromatic carbocycles. The van der Waals surface area contributed by atoms with Crippen LogP contribution in [0.5, 0.6) is 11.5 Å². The Balaban J connectivity index is 1.71. The van der Waals surface area contributed by atoms with Crippen molar-refractivity contribution >= 4 is 5.82 Å². The highest BCUT2D eigenvalue weighted by atomic mass is 16.5. The van der Waals surface area contributed by atoms with Crippen molar-refractivity contribution in [3.63, 3.8) is 0 Å². The molecule has 1 aliphatic rings. The number of para-hydroxylation sites is 1. The summed E-state index contributed by atoms with van der Waals surface area (Å²) in [5.41, 5.74) is 2.12. The van der Waals surface area contributed by atoms with E-state index in [1.54, 1.807) is 20.5 Å². The fourth-order valence-corrected chi connectivity index (χ4v) is 3.08. The van der Waals surface area contributed by atoms with Gasteiger partial charge in [0.15, 0.2) is 11.5 Å². The van der Waals surface area contributed by atoms with Crippen molar-refractivity contribution in [2.45, 2.75) is 25.3 Å². The Hall–Kier alpha value is -2.34. The number of hydrogen-bond acceptors (Lipinski definition) is 6. The zero-order valence-electron chi connectivity index (χ0n) is 14.2. The normalized spacial score (nSPS) is 17.3. The monoisotopic (exact) mass is 328 g/mol. The third-order valence-corrected chi connectivity index (χ3v) is 4.35. The van der Waals surface area contributed by atoms with Crippen LogP contribution in [0.15, 0.2) is 30.6 Å². The van der Waals surface area contributed by atoms with Gasteiger partial charge in [0, 0.05) is 30.6 Å². The van der Waals surface area contributed by atoms with Crippen LogP contribution >= 0.6 is 0 Å². The molecule has 24 heavy (non-hydrogen) atoms. The molecule has 128 valence electrons. The lowest BCUT2D eigenvalue weighted by Gasteiger charge is -2.22. The van der Waals surface area contributed by atoms with Gasteiger partial charge in [-0.05, 0) is 25.5 Å². The Morgan fingerprint density at radius 3 is 2.92 bits per heavy atom. The average Bonchev–Trinajstić information content (AvgIpc) is 2.66. The Morgan fingerprint density at radius 2 is 2.17 bits per heavy atom. The maximum Gasteiger partial charge on any atom is 0.165 e. The first-order valence-corrected chi connectivity index (χ1v) is 8.28. The topological polar surface area (TPSA) is 68.3 Å². The second-order valence-corrected chi connectivity index (χ2v) is 5.88. The first kappa shape index (κ1) is 16.5. The number of methoxy groups -OCH3 is 2. The predicted molar refractivity (Wildman–Crippen MR) is 93.7 cm³/mol. The highest BCUT2D eigenvalue weighted by Crippen LogP contribution is 2.31. The average molecular weight is 328 g/mol. The number of piperidine rings is 1. The largest absolute Gasteiger partial charge is 0.493 e. The maximum absolute atomic E-state index is 5.47. The number of aromatic nitrogens is 2. The van der Waals surface area contributed by atoms with Crippen molar-refractivity contribution in [3.8, 4) is 11.5 Å². The number of rotatable bonds is 6. The van der Waals surface area contributed by atoms with Gasteiger partial charge in [0.1, 0.15) is 12.1 Å². The smallest absolute Gasteiger partial charge is 0.165 e. The van der Waals surface area contributed by atoms with Gasteiger partial charge in [-0.2, -0.15) is 0 Å². The first-order valence-electron chi connectivity index (χ1n) is 8.28. The third kappa shape index (κ3) is 3.76. The molecule has 6 heteroatoms. The molecule has 2 aromatic rings. The number of benzene rings is 1. The lowest BCUT2D eigenvalue weighted by atomic mass is 9.96. The summed E-state index contributed by atoms with van der Waals surface area (Å²) in [5.74, 6) is 2.77. The number of hydrogen-bond donors (Lipinski definition) is 2. The molecule has 0 bridgehead atoms. The van der Waals surface area contributed by atoms with Crippen molar-refractivity contribution in [3.05, 3.63) is 41.9 Å². The number of nitrogens with zero attached hydrogens (tertiary/aromatic N) is 2. The van der Waals surface area contributed by atoms with Crippen molar-refractivity contribution in [2.75, 3.05) is 32.6 Å². The molecule has 2 N–H and O–H groups in total. The molecule has 1 atom stereocenters. The quantitative estimate of drug-likeness (QED) is 0.849. The number of ether oxygens (including phenoxy) is 2. The van der Waals surface area contributed by atoms with Gasteiger partial charge in [-0.3, -0.25) is 0 Å². The van der Waals surface area contributed by atoms with Crippen LogP contribution in [0.1, 0.15) is 30.0 Å². The molecule has 0 spiro atoms. The highest BCUT2D eigenvalue weighted by Gasteiger charge is 2.17. The fraction of sp³-hybridized carbons (Fsp3) is 0.444. The minimum absolute atomic E-state index is 0.466. The lowest BCUT2D eigenvalue weighted by molar-refractivity contribution is 0.352. The van der Waals surface area contributed by atoms with Crippen LogP contribution in [0.4, 0.5) is 5.82 Å². The van der Waals surface area contributed by atoms with E-state index in [1.165, 1.54) is 12.8 Å². The van der Waals surface area contributed by atoms with Gasteiger partial charge in [0.2, 0.25) is 0 Å². The van der Waals surface area contributed by atoms with Gasteiger partial charge >= 0.3 is 0 Å². The van der Waals surface area contributed by atoms with Gasteiger partial charge in [-0.1, -0.05) is 12.1 Å². The second-order valence-electron chi connectivity index (χ2n) is 5.88. The van der Waals surface area contributed by atoms with Crippen molar-refractivity contribution in [1.29, 1.82) is 0 Å². The molecule has 6 nitrogen and oxygen atoms in total. The molecule has 1 unspecified atom stereocenters.